The van der Waals surface area contributed by atoms with Crippen LogP contribution in [0, 0.1) is 0 Å². The molecule has 2 aliphatic rings. The van der Waals surface area contributed by atoms with E-state index in [0.717, 1.165) is 18.8 Å². The number of rotatable bonds is 8. The van der Waals surface area contributed by atoms with Crippen molar-refractivity contribution in [2.75, 3.05) is 40.3 Å². The quantitative estimate of drug-likeness (QED) is 0.509. The Bertz CT molecular complexity index is 678. The summed E-state index contributed by atoms with van der Waals surface area (Å²) in [6.07, 6.45) is 9.57. The van der Waals surface area contributed by atoms with Gasteiger partial charge in [0.15, 0.2) is 5.96 Å². The van der Waals surface area contributed by atoms with Crippen LogP contribution >= 0.6 is 0 Å². The summed E-state index contributed by atoms with van der Waals surface area (Å²) in [5.41, 5.74) is 0.966. The number of nitrogens with zero attached hydrogens (tertiary/aromatic N) is 5. The van der Waals surface area contributed by atoms with Crippen LogP contribution in [-0.2, 0) is 11.3 Å². The standard InChI is InChI=1S/C21H37N7O/c1-4-27-12-7-10-19(27)15-23-21(24-16-20(29)26(2)3)22-14-17-11-13-28(25-17)18-8-5-6-9-18/h11,13,18-19H,4-10,12,14-16H2,1-3H3,(H2,22,23,24). The van der Waals surface area contributed by atoms with Crippen LogP contribution in [0.3, 0.4) is 0 Å². The summed E-state index contributed by atoms with van der Waals surface area (Å²) in [4.78, 5) is 20.8. The lowest BCUT2D eigenvalue weighted by Crippen LogP contribution is -2.47. The summed E-state index contributed by atoms with van der Waals surface area (Å²) in [6, 6.07) is 3.13. The highest BCUT2D eigenvalue weighted by atomic mass is 16.2. The summed E-state index contributed by atoms with van der Waals surface area (Å²) >= 11 is 0. The van der Waals surface area contributed by atoms with Gasteiger partial charge < -0.3 is 15.5 Å². The number of carbonyl (C=O) groups excluding carboxylic acids is 1. The number of nitrogens with one attached hydrogen (secondary N) is 2. The van der Waals surface area contributed by atoms with Crippen molar-refractivity contribution in [1.29, 1.82) is 0 Å². The number of likely N-dealkylation sites (tertiary alicyclic amines) is 1. The Kier molecular flexibility index (Phi) is 7.91. The Hall–Kier alpha value is -2.09. The summed E-state index contributed by atoms with van der Waals surface area (Å²) in [5, 5.41) is 11.3. The lowest BCUT2D eigenvalue weighted by Gasteiger charge is -2.24. The first kappa shape index (κ1) is 21.6. The molecule has 0 aromatic carbocycles. The molecule has 1 atom stereocenters. The number of likely N-dealkylation sites (N-methyl/N-ethyl adjacent to an activating group) is 2. The Morgan fingerprint density at radius 3 is 2.76 bits per heavy atom. The number of hydrogen-bond acceptors (Lipinski definition) is 4. The SMILES string of the molecule is CCN1CCCC1CNC(=NCc1ccn(C2CCCC2)n1)NCC(=O)N(C)C. The fraction of sp³-hybridized carbons (Fsp3) is 0.762. The van der Waals surface area contributed by atoms with Gasteiger partial charge in [-0.3, -0.25) is 14.4 Å². The van der Waals surface area contributed by atoms with E-state index >= 15 is 0 Å². The highest BCUT2D eigenvalue weighted by Gasteiger charge is 2.23. The molecule has 0 spiro atoms. The molecule has 1 aromatic heterocycles. The van der Waals surface area contributed by atoms with Crippen LogP contribution in [0.2, 0.25) is 0 Å². The van der Waals surface area contributed by atoms with Gasteiger partial charge in [-0.1, -0.05) is 19.8 Å². The van der Waals surface area contributed by atoms with Gasteiger partial charge in [-0.25, -0.2) is 4.99 Å². The third-order valence-electron chi connectivity index (χ3n) is 6.08. The van der Waals surface area contributed by atoms with Gasteiger partial charge in [0.05, 0.1) is 24.8 Å². The average Bonchev–Trinajstić information content (AvgIpc) is 3.47. The minimum atomic E-state index is 0.0288. The summed E-state index contributed by atoms with van der Waals surface area (Å²) < 4.78 is 2.10. The number of guanidine groups is 1. The number of aromatic nitrogens is 2. The van der Waals surface area contributed by atoms with Crippen LogP contribution in [0.1, 0.15) is 57.2 Å². The average molecular weight is 404 g/mol. The van der Waals surface area contributed by atoms with Crippen LogP contribution < -0.4 is 10.6 Å². The third kappa shape index (κ3) is 6.19. The molecular formula is C21H37N7O. The minimum Gasteiger partial charge on any atom is -0.355 e. The van der Waals surface area contributed by atoms with E-state index in [1.807, 2.05) is 0 Å². The smallest absolute Gasteiger partial charge is 0.241 e. The van der Waals surface area contributed by atoms with Crippen molar-refractivity contribution in [2.24, 2.45) is 4.99 Å². The fourth-order valence-electron chi connectivity index (χ4n) is 4.24. The van der Waals surface area contributed by atoms with Gasteiger partial charge in [0.1, 0.15) is 0 Å². The van der Waals surface area contributed by atoms with Crippen molar-refractivity contribution in [3.8, 4) is 0 Å². The molecule has 2 fully saturated rings. The highest BCUT2D eigenvalue weighted by Crippen LogP contribution is 2.28. The van der Waals surface area contributed by atoms with Crippen molar-refractivity contribution in [2.45, 2.75) is 64.1 Å². The van der Waals surface area contributed by atoms with E-state index in [1.54, 1.807) is 19.0 Å². The number of amides is 1. The molecule has 1 aliphatic carbocycles. The van der Waals surface area contributed by atoms with E-state index in [9.17, 15) is 4.79 Å². The van der Waals surface area contributed by atoms with Gasteiger partial charge in [0.2, 0.25) is 5.91 Å². The van der Waals surface area contributed by atoms with Gasteiger partial charge >= 0.3 is 0 Å². The van der Waals surface area contributed by atoms with Gasteiger partial charge in [0.25, 0.3) is 0 Å². The normalized spacial score (nSPS) is 20.9. The summed E-state index contributed by atoms with van der Waals surface area (Å²) in [5.74, 6) is 0.708. The molecule has 0 radical (unpaired) electrons. The zero-order valence-corrected chi connectivity index (χ0v) is 18.2. The minimum absolute atomic E-state index is 0.0288. The molecule has 29 heavy (non-hydrogen) atoms. The van der Waals surface area contributed by atoms with Crippen molar-refractivity contribution < 1.29 is 4.79 Å². The molecule has 162 valence electrons. The van der Waals surface area contributed by atoms with Gasteiger partial charge in [-0.05, 0) is 44.8 Å². The molecule has 1 saturated heterocycles. The molecule has 2 N–H and O–H groups in total. The maximum atomic E-state index is 12.0. The third-order valence-corrected chi connectivity index (χ3v) is 6.08. The van der Waals surface area contributed by atoms with E-state index in [4.69, 9.17) is 10.1 Å². The predicted molar refractivity (Wildman–Crippen MR) is 116 cm³/mol. The van der Waals surface area contributed by atoms with Crippen LogP contribution in [0.4, 0.5) is 0 Å². The second-order valence-electron chi connectivity index (χ2n) is 8.34. The summed E-state index contributed by atoms with van der Waals surface area (Å²) in [6.45, 7) is 6.03. The molecule has 2 heterocycles. The molecule has 1 aliphatic heterocycles. The van der Waals surface area contributed by atoms with Crippen molar-refractivity contribution in [3.05, 3.63) is 18.0 Å². The Balaban J connectivity index is 1.59. The van der Waals surface area contributed by atoms with Crippen LogP contribution in [-0.4, -0.2) is 77.8 Å². The molecule has 1 saturated carbocycles. The van der Waals surface area contributed by atoms with Crippen LogP contribution in [0.5, 0.6) is 0 Å². The molecule has 1 amide bonds. The van der Waals surface area contributed by atoms with Gasteiger partial charge in [-0.2, -0.15) is 5.10 Å². The molecule has 8 heteroatoms. The molecule has 1 unspecified atom stereocenters. The first-order valence-corrected chi connectivity index (χ1v) is 11.1. The Morgan fingerprint density at radius 2 is 2.03 bits per heavy atom. The zero-order valence-electron chi connectivity index (χ0n) is 18.2. The van der Waals surface area contributed by atoms with Crippen molar-refractivity contribution >= 4 is 11.9 Å². The zero-order chi connectivity index (χ0) is 20.6. The van der Waals surface area contributed by atoms with Crippen LogP contribution in [0.15, 0.2) is 17.3 Å². The van der Waals surface area contributed by atoms with E-state index in [0.29, 0.717) is 24.6 Å². The predicted octanol–water partition coefficient (Wildman–Crippen LogP) is 1.61. The Labute approximate surface area is 174 Å². The van der Waals surface area contributed by atoms with E-state index in [2.05, 4.69) is 39.4 Å². The first-order chi connectivity index (χ1) is 14.1. The van der Waals surface area contributed by atoms with E-state index in [-0.39, 0.29) is 12.5 Å². The van der Waals surface area contributed by atoms with Crippen molar-refractivity contribution in [3.63, 3.8) is 0 Å². The van der Waals surface area contributed by atoms with Gasteiger partial charge in [0, 0.05) is 32.9 Å². The summed E-state index contributed by atoms with van der Waals surface area (Å²) in [7, 11) is 3.53. The topological polar surface area (TPSA) is 77.8 Å². The lowest BCUT2D eigenvalue weighted by atomic mass is 10.2. The lowest BCUT2D eigenvalue weighted by molar-refractivity contribution is -0.127. The number of carbonyl (C=O) groups is 1. The molecule has 3 rings (SSSR count). The van der Waals surface area contributed by atoms with Crippen molar-refractivity contribution in [1.82, 2.24) is 30.2 Å². The van der Waals surface area contributed by atoms with Crippen LogP contribution in [0.25, 0.3) is 0 Å². The van der Waals surface area contributed by atoms with E-state index in [1.165, 1.54) is 45.1 Å². The second kappa shape index (κ2) is 10.6. The maximum Gasteiger partial charge on any atom is 0.241 e. The second-order valence-corrected chi connectivity index (χ2v) is 8.34. The maximum absolute atomic E-state index is 12.0. The molecular weight excluding hydrogens is 366 g/mol. The van der Waals surface area contributed by atoms with Gasteiger partial charge in [-0.15, -0.1) is 0 Å². The van der Waals surface area contributed by atoms with E-state index < -0.39 is 0 Å². The number of aliphatic imine (C=N–C) groups is 1. The monoisotopic (exact) mass is 403 g/mol. The molecule has 1 aromatic rings. The highest BCUT2D eigenvalue weighted by molar-refractivity contribution is 5.86. The molecule has 0 bridgehead atoms. The number of hydrogen-bond donors (Lipinski definition) is 2. The molecule has 8 nitrogen and oxygen atoms in total. The fourth-order valence-corrected chi connectivity index (χ4v) is 4.24. The largest absolute Gasteiger partial charge is 0.355 e. The Morgan fingerprint density at radius 1 is 1.24 bits per heavy atom. The first-order valence-electron chi connectivity index (χ1n) is 11.1.